The Labute approximate surface area is 225 Å². The smallest absolute Gasteiger partial charge is 0.242 e. The maximum Gasteiger partial charge on any atom is 0.242 e. The maximum absolute atomic E-state index is 13.8. The number of carbonyl (C=O) groups is 3. The second-order valence-corrected chi connectivity index (χ2v) is 11.6. The van der Waals surface area contributed by atoms with Crippen LogP contribution in [0, 0.1) is 23.1 Å². The first-order chi connectivity index (χ1) is 18.3. The molecule has 3 aliphatic rings. The number of amides is 3. The molecule has 2 saturated heterocycles. The van der Waals surface area contributed by atoms with Gasteiger partial charge in [0.1, 0.15) is 11.9 Å². The van der Waals surface area contributed by atoms with Gasteiger partial charge in [-0.25, -0.2) is 4.39 Å². The second kappa shape index (κ2) is 12.9. The third-order valence-corrected chi connectivity index (χ3v) is 8.34. The lowest BCUT2D eigenvalue weighted by molar-refractivity contribution is -0.142. The van der Waals surface area contributed by atoms with Crippen molar-refractivity contribution >= 4 is 17.7 Å². The minimum absolute atomic E-state index is 0.0463. The summed E-state index contributed by atoms with van der Waals surface area (Å²) in [5, 5.41) is 6.33. The summed E-state index contributed by atoms with van der Waals surface area (Å²) in [5.74, 6) is 0.0261. The fourth-order valence-corrected chi connectivity index (χ4v) is 5.87. The Morgan fingerprint density at radius 3 is 2.58 bits per heavy atom. The molecule has 1 aromatic rings. The van der Waals surface area contributed by atoms with Gasteiger partial charge < -0.3 is 20.3 Å². The molecule has 38 heavy (non-hydrogen) atoms. The number of piperidine rings is 1. The van der Waals surface area contributed by atoms with E-state index in [1.807, 2.05) is 4.90 Å². The largest absolute Gasteiger partial charge is 0.381 e. The van der Waals surface area contributed by atoms with Crippen LogP contribution in [0.15, 0.2) is 36.4 Å². The maximum atomic E-state index is 13.8. The van der Waals surface area contributed by atoms with E-state index in [0.717, 1.165) is 18.4 Å². The topological polar surface area (TPSA) is 87.7 Å². The minimum atomic E-state index is -0.651. The number of halogens is 1. The Kier molecular flexibility index (Phi) is 9.58. The molecule has 4 rings (SSSR count). The summed E-state index contributed by atoms with van der Waals surface area (Å²) in [5.41, 5.74) is 0.277. The Hall–Kier alpha value is -2.74. The van der Waals surface area contributed by atoms with E-state index in [0.29, 0.717) is 64.8 Å². The summed E-state index contributed by atoms with van der Waals surface area (Å²) < 4.78 is 18.9. The summed E-state index contributed by atoms with van der Waals surface area (Å²) in [7, 11) is 0. The molecule has 0 saturated carbocycles. The average Bonchev–Trinajstić information content (AvgIpc) is 2.90. The molecular formula is C30H42FN3O4. The first-order valence-corrected chi connectivity index (χ1v) is 14.1. The van der Waals surface area contributed by atoms with Gasteiger partial charge in [0.25, 0.3) is 0 Å². The summed E-state index contributed by atoms with van der Waals surface area (Å²) in [6, 6.07) is 5.71. The number of ether oxygens (including phenoxy) is 1. The van der Waals surface area contributed by atoms with Crippen LogP contribution in [-0.4, -0.2) is 61.0 Å². The van der Waals surface area contributed by atoms with Crippen molar-refractivity contribution in [1.82, 2.24) is 15.5 Å². The predicted octanol–water partition coefficient (Wildman–Crippen LogP) is 3.77. The van der Waals surface area contributed by atoms with E-state index in [1.165, 1.54) is 12.1 Å². The van der Waals surface area contributed by atoms with Gasteiger partial charge in [0.15, 0.2) is 0 Å². The molecule has 3 aliphatic heterocycles. The quantitative estimate of drug-likeness (QED) is 0.571. The first kappa shape index (κ1) is 28.3. The van der Waals surface area contributed by atoms with Crippen molar-refractivity contribution in [2.45, 2.75) is 77.3 Å². The van der Waals surface area contributed by atoms with Gasteiger partial charge in [0.05, 0.1) is 12.0 Å². The van der Waals surface area contributed by atoms with Crippen LogP contribution >= 0.6 is 0 Å². The number of hydrogen-bond donors (Lipinski definition) is 2. The Balaban J connectivity index is 1.44. The van der Waals surface area contributed by atoms with Gasteiger partial charge in [-0.1, -0.05) is 38.1 Å². The van der Waals surface area contributed by atoms with Crippen molar-refractivity contribution in [2.75, 3.05) is 26.3 Å². The lowest BCUT2D eigenvalue weighted by Crippen LogP contribution is -2.57. The van der Waals surface area contributed by atoms with Crippen molar-refractivity contribution in [3.8, 4) is 0 Å². The van der Waals surface area contributed by atoms with Crippen LogP contribution in [-0.2, 0) is 25.5 Å². The highest BCUT2D eigenvalue weighted by molar-refractivity contribution is 5.90. The van der Waals surface area contributed by atoms with Crippen LogP contribution in [0.4, 0.5) is 4.39 Å². The normalized spacial score (nSPS) is 26.2. The molecule has 3 amide bonds. The molecule has 1 aromatic carbocycles. The molecule has 3 atom stereocenters. The zero-order valence-electron chi connectivity index (χ0n) is 22.7. The molecule has 2 fully saturated rings. The van der Waals surface area contributed by atoms with Crippen LogP contribution < -0.4 is 10.6 Å². The molecular weight excluding hydrogens is 485 g/mol. The predicted molar refractivity (Wildman–Crippen MR) is 144 cm³/mol. The molecule has 7 nitrogen and oxygen atoms in total. The fourth-order valence-electron chi connectivity index (χ4n) is 5.87. The number of benzene rings is 1. The second-order valence-electron chi connectivity index (χ2n) is 11.6. The first-order valence-electron chi connectivity index (χ1n) is 14.1. The van der Waals surface area contributed by atoms with Crippen LogP contribution in [0.2, 0.25) is 0 Å². The van der Waals surface area contributed by atoms with Crippen molar-refractivity contribution < 1.29 is 23.5 Å². The van der Waals surface area contributed by atoms with Crippen LogP contribution in [0.5, 0.6) is 0 Å². The summed E-state index contributed by atoms with van der Waals surface area (Å²) in [4.78, 5) is 41.8. The molecule has 8 heteroatoms. The third kappa shape index (κ3) is 7.22. The number of allylic oxidation sites excluding steroid dienone is 2. The number of nitrogens with one attached hydrogen (secondary N) is 2. The van der Waals surface area contributed by atoms with E-state index < -0.39 is 11.5 Å². The average molecular weight is 528 g/mol. The van der Waals surface area contributed by atoms with Crippen molar-refractivity contribution in [3.05, 3.63) is 47.8 Å². The number of rotatable bonds is 5. The summed E-state index contributed by atoms with van der Waals surface area (Å²) >= 11 is 0. The number of fused-ring (bicyclic) bond motifs is 1. The molecule has 0 aliphatic carbocycles. The standard InChI is InChI=1S/C30H42FN3O4/c1-21(2)19-26-28(36)32-25-12-18-38-20-23(25)5-3-4-13-30(29(37)33-26)14-16-34(17-15-30)27(35)11-8-22-6-9-24(31)10-7-22/h3-4,6-7,9-10,21,23,25-26H,5,8,11-20H2,1-2H3,(H,32,36)(H,33,37)/t23-,25+,26+/m1/s1. The fraction of sp³-hybridized carbons (Fsp3) is 0.633. The van der Waals surface area contributed by atoms with Crippen LogP contribution in [0.25, 0.3) is 0 Å². The van der Waals surface area contributed by atoms with Gasteiger partial charge in [0, 0.05) is 38.1 Å². The van der Waals surface area contributed by atoms with Gasteiger partial charge >= 0.3 is 0 Å². The highest BCUT2D eigenvalue weighted by Gasteiger charge is 2.43. The van der Waals surface area contributed by atoms with E-state index in [2.05, 4.69) is 36.6 Å². The molecule has 0 radical (unpaired) electrons. The summed E-state index contributed by atoms with van der Waals surface area (Å²) in [6.45, 7) is 6.38. The van der Waals surface area contributed by atoms with E-state index in [-0.39, 0.29) is 41.4 Å². The molecule has 0 bridgehead atoms. The SMILES string of the molecule is CC(C)C[C@@H]1NC(=O)C2(CC=CC[C@@H]3COCC[C@@H]3NC1=O)CCN(C(=O)CCc1ccc(F)cc1)CC2. The van der Waals surface area contributed by atoms with E-state index in [9.17, 15) is 18.8 Å². The molecule has 1 spiro atoms. The minimum Gasteiger partial charge on any atom is -0.381 e. The molecule has 208 valence electrons. The van der Waals surface area contributed by atoms with E-state index in [4.69, 9.17) is 4.74 Å². The van der Waals surface area contributed by atoms with Gasteiger partial charge in [-0.15, -0.1) is 0 Å². The van der Waals surface area contributed by atoms with Crippen LogP contribution in [0.3, 0.4) is 0 Å². The number of hydrogen-bond acceptors (Lipinski definition) is 4. The molecule has 0 aromatic heterocycles. The third-order valence-electron chi connectivity index (χ3n) is 8.34. The number of carbonyl (C=O) groups excluding carboxylic acids is 3. The Bertz CT molecular complexity index is 1000. The lowest BCUT2D eigenvalue weighted by Gasteiger charge is -2.41. The Morgan fingerprint density at radius 1 is 1.13 bits per heavy atom. The molecule has 2 N–H and O–H groups in total. The Morgan fingerprint density at radius 2 is 1.87 bits per heavy atom. The lowest BCUT2D eigenvalue weighted by atomic mass is 9.74. The number of nitrogens with zero attached hydrogens (tertiary/aromatic N) is 1. The molecule has 3 heterocycles. The molecule has 0 unspecified atom stereocenters. The van der Waals surface area contributed by atoms with Crippen molar-refractivity contribution in [2.24, 2.45) is 17.3 Å². The van der Waals surface area contributed by atoms with Crippen LogP contribution in [0.1, 0.15) is 64.4 Å². The van der Waals surface area contributed by atoms with Gasteiger partial charge in [0.2, 0.25) is 17.7 Å². The zero-order chi connectivity index (χ0) is 27.1. The highest BCUT2D eigenvalue weighted by Crippen LogP contribution is 2.37. The monoisotopic (exact) mass is 527 g/mol. The van der Waals surface area contributed by atoms with Crippen molar-refractivity contribution in [3.63, 3.8) is 0 Å². The van der Waals surface area contributed by atoms with Crippen molar-refractivity contribution in [1.29, 1.82) is 0 Å². The number of aryl methyl sites for hydroxylation is 1. The van der Waals surface area contributed by atoms with Gasteiger partial charge in [-0.05, 0) is 68.6 Å². The van der Waals surface area contributed by atoms with E-state index in [1.54, 1.807) is 12.1 Å². The van der Waals surface area contributed by atoms with Gasteiger partial charge in [-0.3, -0.25) is 14.4 Å². The summed E-state index contributed by atoms with van der Waals surface area (Å²) in [6.07, 6.45) is 8.99. The highest BCUT2D eigenvalue weighted by atomic mass is 19.1. The van der Waals surface area contributed by atoms with E-state index >= 15 is 0 Å². The number of likely N-dealkylation sites (tertiary alicyclic amines) is 1. The zero-order valence-corrected chi connectivity index (χ0v) is 22.7. The van der Waals surface area contributed by atoms with Gasteiger partial charge in [-0.2, -0.15) is 0 Å².